The number of carbonyl (C=O) groups is 3. The number of amides is 3. The van der Waals surface area contributed by atoms with Crippen molar-refractivity contribution in [3.8, 4) is 11.5 Å². The van der Waals surface area contributed by atoms with Gasteiger partial charge < -0.3 is 30.0 Å². The minimum atomic E-state index is -0.563. The van der Waals surface area contributed by atoms with E-state index in [0.717, 1.165) is 44.5 Å². The monoisotopic (exact) mass is 760 g/mol. The molecule has 0 aliphatic heterocycles. The molecule has 1 heterocycles. The summed E-state index contributed by atoms with van der Waals surface area (Å²) in [5, 5.41) is 10.5. The molecule has 0 aliphatic rings. The van der Waals surface area contributed by atoms with Crippen LogP contribution in [0.25, 0.3) is 27.9 Å². The number of hydrogen-bond donors (Lipinski definition) is 3. The highest BCUT2D eigenvalue weighted by Gasteiger charge is 2.23. The summed E-state index contributed by atoms with van der Waals surface area (Å²) >= 11 is 1.41. The molecule has 0 aliphatic carbocycles. The fourth-order valence-corrected chi connectivity index (χ4v) is 7.59. The molecule has 3 amide bonds. The van der Waals surface area contributed by atoms with E-state index in [1.165, 1.54) is 18.9 Å². The zero-order valence-electron chi connectivity index (χ0n) is 31.1. The van der Waals surface area contributed by atoms with Crippen molar-refractivity contribution >= 4 is 68.7 Å². The molecular weight excluding hydrogens is 721 g/mol. The average Bonchev–Trinajstić information content (AvgIpc) is 3.56. The van der Waals surface area contributed by atoms with Crippen molar-refractivity contribution in [2.45, 2.75) is 23.6 Å². The second-order valence-corrected chi connectivity index (χ2v) is 14.0. The third-order valence-corrected chi connectivity index (χ3v) is 10.6. The zero-order chi connectivity index (χ0) is 39.0. The number of para-hydroxylation sites is 1. The van der Waals surface area contributed by atoms with E-state index in [1.807, 2.05) is 72.8 Å². The molecule has 6 aromatic carbocycles. The molecule has 9 nitrogen and oxygen atoms in total. The molecule has 7 rings (SSSR count). The van der Waals surface area contributed by atoms with Crippen molar-refractivity contribution in [3.05, 3.63) is 168 Å². The molecule has 0 saturated heterocycles. The van der Waals surface area contributed by atoms with Gasteiger partial charge in [0, 0.05) is 61.8 Å². The number of fused-ring (bicyclic) bond motifs is 3. The van der Waals surface area contributed by atoms with Crippen molar-refractivity contribution in [1.29, 1.82) is 0 Å². The van der Waals surface area contributed by atoms with Gasteiger partial charge in [-0.3, -0.25) is 14.4 Å². The molecule has 7 aromatic rings. The summed E-state index contributed by atoms with van der Waals surface area (Å²) in [6, 6.07) is 45.1. The second kappa shape index (κ2) is 17.1. The lowest BCUT2D eigenvalue weighted by Crippen LogP contribution is -2.30. The Labute approximate surface area is 329 Å². The van der Waals surface area contributed by atoms with Crippen molar-refractivity contribution in [1.82, 2.24) is 9.88 Å². The highest BCUT2D eigenvalue weighted by atomic mass is 32.2. The van der Waals surface area contributed by atoms with Gasteiger partial charge in [0.2, 0.25) is 5.91 Å². The average molecular weight is 761 g/mol. The Balaban J connectivity index is 1.11. The van der Waals surface area contributed by atoms with Crippen LogP contribution in [-0.2, 0) is 16.1 Å². The predicted molar refractivity (Wildman–Crippen MR) is 225 cm³/mol. The van der Waals surface area contributed by atoms with Gasteiger partial charge in [-0.25, -0.2) is 0 Å². The van der Waals surface area contributed by atoms with Crippen LogP contribution >= 0.6 is 11.8 Å². The molecule has 56 heavy (non-hydrogen) atoms. The summed E-state index contributed by atoms with van der Waals surface area (Å²) in [7, 11) is 3.07. The Kier molecular flexibility index (Phi) is 11.5. The first kappa shape index (κ1) is 37.5. The molecule has 0 radical (unpaired) electrons. The van der Waals surface area contributed by atoms with Gasteiger partial charge in [-0.1, -0.05) is 66.7 Å². The van der Waals surface area contributed by atoms with Crippen molar-refractivity contribution in [3.63, 3.8) is 0 Å². The normalized spacial score (nSPS) is 11.9. The summed E-state index contributed by atoms with van der Waals surface area (Å²) in [5.41, 5.74) is 5.33. The number of carbonyl (C=O) groups excluding carboxylic acids is 3. The van der Waals surface area contributed by atoms with Crippen molar-refractivity contribution in [2.24, 2.45) is 0 Å². The number of benzene rings is 6. The summed E-state index contributed by atoms with van der Waals surface area (Å²) in [6.07, 6.45) is 1.56. The highest BCUT2D eigenvalue weighted by molar-refractivity contribution is 8.00. The van der Waals surface area contributed by atoms with E-state index in [-0.39, 0.29) is 11.6 Å². The van der Waals surface area contributed by atoms with Crippen LogP contribution < -0.4 is 25.4 Å². The van der Waals surface area contributed by atoms with Crippen molar-refractivity contribution in [2.75, 3.05) is 24.9 Å². The summed E-state index contributed by atoms with van der Waals surface area (Å²) in [6.45, 7) is 2.97. The standard InChI is InChI=1S/C46H40N4O5S/c1-4-50-40-18-12-11-17-37(40)38-28-34(22-26-41(38)50)48-46(53)43(30-13-7-5-8-14-30)56-36-24-20-33(21-25-36)47-45(52)39(49-44(51)31-15-9-6-10-16-31)27-32-19-23-35(54-2)29-42(32)55-3/h5-29,43H,4H2,1-3H3,(H,47,52)(H,48,53)(H,49,51)/b39-27-. The summed E-state index contributed by atoms with van der Waals surface area (Å²) < 4.78 is 13.1. The number of methoxy groups -OCH3 is 2. The van der Waals surface area contributed by atoms with Gasteiger partial charge in [0.05, 0.1) is 14.2 Å². The molecule has 0 spiro atoms. The smallest absolute Gasteiger partial charge is 0.272 e. The van der Waals surface area contributed by atoms with E-state index in [2.05, 4.69) is 45.6 Å². The summed E-state index contributed by atoms with van der Waals surface area (Å²) in [5.74, 6) is -0.0833. The Morgan fingerprint density at radius 1 is 0.696 bits per heavy atom. The molecule has 0 fully saturated rings. The Morgan fingerprint density at radius 3 is 2.09 bits per heavy atom. The number of rotatable bonds is 13. The quantitative estimate of drug-likeness (QED) is 0.0798. The lowest BCUT2D eigenvalue weighted by molar-refractivity contribution is -0.116. The van der Waals surface area contributed by atoms with Crippen LogP contribution in [0.2, 0.25) is 0 Å². The molecule has 280 valence electrons. The maximum atomic E-state index is 14.0. The molecule has 1 aromatic heterocycles. The third kappa shape index (κ3) is 8.30. The Hall–Kier alpha value is -6.78. The van der Waals surface area contributed by atoms with Crippen LogP contribution in [0.15, 0.2) is 156 Å². The van der Waals surface area contributed by atoms with Gasteiger partial charge in [-0.05, 0) is 91.4 Å². The van der Waals surface area contributed by atoms with Crippen LogP contribution in [0.3, 0.4) is 0 Å². The Bertz CT molecular complexity index is 2550. The van der Waals surface area contributed by atoms with Gasteiger partial charge in [-0.15, -0.1) is 11.8 Å². The summed E-state index contributed by atoms with van der Waals surface area (Å²) in [4.78, 5) is 41.8. The van der Waals surface area contributed by atoms with Crippen LogP contribution in [0, 0.1) is 0 Å². The highest BCUT2D eigenvalue weighted by Crippen LogP contribution is 2.38. The number of nitrogens with zero attached hydrogens (tertiary/aromatic N) is 1. The molecule has 1 atom stereocenters. The minimum Gasteiger partial charge on any atom is -0.497 e. The topological polar surface area (TPSA) is 111 Å². The number of anilines is 2. The molecule has 10 heteroatoms. The van der Waals surface area contributed by atoms with Crippen LogP contribution in [0.1, 0.15) is 33.7 Å². The molecule has 3 N–H and O–H groups in total. The number of aromatic nitrogens is 1. The molecule has 0 saturated carbocycles. The number of aryl methyl sites for hydroxylation is 1. The Morgan fingerprint density at radius 2 is 1.38 bits per heavy atom. The number of hydrogen-bond acceptors (Lipinski definition) is 6. The van der Waals surface area contributed by atoms with E-state index in [0.29, 0.717) is 28.3 Å². The third-order valence-electron chi connectivity index (χ3n) is 9.33. The second-order valence-electron chi connectivity index (χ2n) is 12.9. The van der Waals surface area contributed by atoms with Crippen LogP contribution in [0.5, 0.6) is 11.5 Å². The van der Waals surface area contributed by atoms with Gasteiger partial charge in [0.15, 0.2) is 0 Å². The minimum absolute atomic E-state index is 0.0130. The predicted octanol–water partition coefficient (Wildman–Crippen LogP) is 9.71. The van der Waals surface area contributed by atoms with E-state index in [4.69, 9.17) is 9.47 Å². The maximum absolute atomic E-state index is 14.0. The van der Waals surface area contributed by atoms with Crippen LogP contribution in [0.4, 0.5) is 11.4 Å². The van der Waals surface area contributed by atoms with E-state index in [1.54, 1.807) is 67.8 Å². The number of nitrogens with one attached hydrogen (secondary N) is 3. The maximum Gasteiger partial charge on any atom is 0.272 e. The number of thioether (sulfide) groups is 1. The first-order valence-electron chi connectivity index (χ1n) is 18.1. The SMILES string of the molecule is CCn1c2ccccc2c2cc(NC(=O)C(Sc3ccc(NC(=O)/C(=C/c4ccc(OC)cc4OC)NC(=O)c4ccccc4)cc3)c3ccccc3)ccc21. The molecular formula is C46H40N4O5S. The van der Waals surface area contributed by atoms with E-state index < -0.39 is 17.1 Å². The largest absolute Gasteiger partial charge is 0.497 e. The van der Waals surface area contributed by atoms with Gasteiger partial charge in [0.1, 0.15) is 22.4 Å². The first-order chi connectivity index (χ1) is 27.3. The lowest BCUT2D eigenvalue weighted by atomic mass is 10.1. The van der Waals surface area contributed by atoms with Crippen molar-refractivity contribution < 1.29 is 23.9 Å². The molecule has 0 bridgehead atoms. The fourth-order valence-electron chi connectivity index (χ4n) is 6.57. The fraction of sp³-hybridized carbons (Fsp3) is 0.109. The first-order valence-corrected chi connectivity index (χ1v) is 19.0. The van der Waals surface area contributed by atoms with E-state index in [9.17, 15) is 14.4 Å². The van der Waals surface area contributed by atoms with Gasteiger partial charge >= 0.3 is 0 Å². The zero-order valence-corrected chi connectivity index (χ0v) is 31.9. The number of ether oxygens (including phenoxy) is 2. The van der Waals surface area contributed by atoms with Gasteiger partial charge in [0.25, 0.3) is 11.8 Å². The van der Waals surface area contributed by atoms with Crippen LogP contribution in [-0.4, -0.2) is 36.5 Å². The van der Waals surface area contributed by atoms with E-state index >= 15 is 0 Å². The van der Waals surface area contributed by atoms with Gasteiger partial charge in [-0.2, -0.15) is 0 Å². The molecule has 1 unspecified atom stereocenters. The lowest BCUT2D eigenvalue weighted by Gasteiger charge is -2.18.